The Balaban J connectivity index is 1.81. The highest BCUT2D eigenvalue weighted by molar-refractivity contribution is 7.87. The SMILES string of the molecule is CO[C@H]1C=CC2=CCN3CCc4cc(O)c(OS(=O)(=O)CC(=O)O)cc4[C@]23C1. The van der Waals surface area contributed by atoms with Gasteiger partial charge >= 0.3 is 16.1 Å². The molecule has 0 bridgehead atoms. The minimum Gasteiger partial charge on any atom is -0.504 e. The minimum atomic E-state index is -4.38. The van der Waals surface area contributed by atoms with Gasteiger partial charge < -0.3 is 19.1 Å². The molecule has 0 amide bonds. The summed E-state index contributed by atoms with van der Waals surface area (Å²) in [7, 11) is -2.73. The summed E-state index contributed by atoms with van der Waals surface area (Å²) in [4.78, 5) is 13.1. The number of carbonyl (C=O) groups is 1. The van der Waals surface area contributed by atoms with E-state index in [0.717, 1.165) is 29.8 Å². The number of hydrogen-bond acceptors (Lipinski definition) is 7. The van der Waals surface area contributed by atoms with Gasteiger partial charge in [0.15, 0.2) is 17.3 Å². The van der Waals surface area contributed by atoms with Crippen LogP contribution in [0.2, 0.25) is 0 Å². The number of carboxylic acid groups (broad SMARTS) is 1. The lowest BCUT2D eigenvalue weighted by Crippen LogP contribution is -2.51. The molecule has 2 aliphatic heterocycles. The van der Waals surface area contributed by atoms with Crippen LogP contribution in [0.5, 0.6) is 11.5 Å². The fourth-order valence-electron chi connectivity index (χ4n) is 4.46. The number of fused-ring (bicyclic) bond motifs is 1. The fraction of sp³-hybridized carbons (Fsp3) is 0.421. The predicted octanol–water partition coefficient (Wildman–Crippen LogP) is 1.15. The molecule has 0 radical (unpaired) electrons. The van der Waals surface area contributed by atoms with Gasteiger partial charge in [-0.3, -0.25) is 9.69 Å². The van der Waals surface area contributed by atoms with Gasteiger partial charge in [-0.05, 0) is 35.3 Å². The van der Waals surface area contributed by atoms with Crippen molar-refractivity contribution in [1.29, 1.82) is 0 Å². The molecule has 0 unspecified atom stereocenters. The monoisotopic (exact) mass is 407 g/mol. The molecule has 2 N–H and O–H groups in total. The summed E-state index contributed by atoms with van der Waals surface area (Å²) in [6, 6.07) is 3.05. The highest BCUT2D eigenvalue weighted by Crippen LogP contribution is 2.52. The molecule has 1 aromatic carbocycles. The van der Waals surface area contributed by atoms with Gasteiger partial charge in [0, 0.05) is 26.6 Å². The first-order valence-corrected chi connectivity index (χ1v) is 10.5. The number of ether oxygens (including phenoxy) is 1. The Morgan fingerprint density at radius 2 is 2.18 bits per heavy atom. The van der Waals surface area contributed by atoms with Crippen LogP contribution in [0.4, 0.5) is 0 Å². The number of hydrogen-bond donors (Lipinski definition) is 2. The molecule has 4 rings (SSSR count). The van der Waals surface area contributed by atoms with Crippen LogP contribution >= 0.6 is 0 Å². The maximum atomic E-state index is 12.0. The Bertz CT molecular complexity index is 998. The van der Waals surface area contributed by atoms with E-state index in [4.69, 9.17) is 14.0 Å². The Morgan fingerprint density at radius 1 is 1.39 bits per heavy atom. The molecular formula is C19H21NO7S. The highest BCUT2D eigenvalue weighted by atomic mass is 32.2. The number of methoxy groups -OCH3 is 1. The van der Waals surface area contributed by atoms with Crippen LogP contribution in [0.15, 0.2) is 35.9 Å². The number of rotatable bonds is 5. The fourth-order valence-corrected chi connectivity index (χ4v) is 5.23. The quantitative estimate of drug-likeness (QED) is 0.699. The van der Waals surface area contributed by atoms with Gasteiger partial charge in [-0.2, -0.15) is 8.42 Å². The van der Waals surface area contributed by atoms with Crippen LogP contribution in [0.25, 0.3) is 0 Å². The van der Waals surface area contributed by atoms with E-state index in [1.807, 2.05) is 12.2 Å². The molecule has 2 atom stereocenters. The summed E-state index contributed by atoms with van der Waals surface area (Å²) < 4.78 is 34.4. The zero-order chi connectivity index (χ0) is 20.1. The third-order valence-corrected chi connectivity index (χ3v) is 6.67. The second-order valence-electron chi connectivity index (χ2n) is 7.21. The topological polar surface area (TPSA) is 113 Å². The highest BCUT2D eigenvalue weighted by Gasteiger charge is 2.50. The first-order chi connectivity index (χ1) is 13.2. The van der Waals surface area contributed by atoms with E-state index in [-0.39, 0.29) is 17.6 Å². The molecule has 8 nitrogen and oxygen atoms in total. The maximum absolute atomic E-state index is 12.0. The second-order valence-corrected chi connectivity index (χ2v) is 8.78. The zero-order valence-electron chi connectivity index (χ0n) is 15.3. The number of aromatic hydroxyl groups is 1. The molecule has 1 aromatic rings. The van der Waals surface area contributed by atoms with Gasteiger partial charge in [-0.25, -0.2) is 0 Å². The van der Waals surface area contributed by atoms with Gasteiger partial charge in [0.05, 0.1) is 11.6 Å². The average molecular weight is 407 g/mol. The lowest BCUT2D eigenvalue weighted by molar-refractivity contribution is -0.134. The number of nitrogens with zero attached hydrogens (tertiary/aromatic N) is 1. The van der Waals surface area contributed by atoms with Crippen molar-refractivity contribution in [3.63, 3.8) is 0 Å². The molecule has 28 heavy (non-hydrogen) atoms. The molecule has 0 saturated carbocycles. The summed E-state index contributed by atoms with van der Waals surface area (Å²) in [6.07, 6.45) is 7.44. The van der Waals surface area contributed by atoms with Crippen molar-refractivity contribution in [3.05, 3.63) is 47.1 Å². The van der Waals surface area contributed by atoms with Gasteiger partial charge in [0.25, 0.3) is 0 Å². The third kappa shape index (κ3) is 2.99. The number of phenols is 1. The number of aliphatic carboxylic acids is 1. The molecule has 1 spiro atoms. The largest absolute Gasteiger partial charge is 0.504 e. The molecule has 3 aliphatic rings. The minimum absolute atomic E-state index is 0.0994. The van der Waals surface area contributed by atoms with Crippen molar-refractivity contribution < 1.29 is 32.3 Å². The molecular weight excluding hydrogens is 386 g/mol. The first-order valence-electron chi connectivity index (χ1n) is 8.92. The Hall–Kier alpha value is -2.36. The number of benzene rings is 1. The van der Waals surface area contributed by atoms with Gasteiger partial charge in [0.2, 0.25) is 0 Å². The van der Waals surface area contributed by atoms with E-state index in [2.05, 4.69) is 11.0 Å². The van der Waals surface area contributed by atoms with E-state index in [1.54, 1.807) is 7.11 Å². The van der Waals surface area contributed by atoms with Crippen LogP contribution in [-0.4, -0.2) is 61.6 Å². The number of carboxylic acids is 1. The summed E-state index contributed by atoms with van der Waals surface area (Å²) in [6.45, 7) is 1.57. The van der Waals surface area contributed by atoms with E-state index in [1.165, 1.54) is 12.1 Å². The van der Waals surface area contributed by atoms with Crippen molar-refractivity contribution in [2.24, 2.45) is 0 Å². The summed E-state index contributed by atoms with van der Waals surface area (Å²) in [5.74, 6) is -3.29. The lowest BCUT2D eigenvalue weighted by Gasteiger charge is -2.48. The molecule has 150 valence electrons. The van der Waals surface area contributed by atoms with Crippen molar-refractivity contribution in [1.82, 2.24) is 4.90 Å². The molecule has 2 heterocycles. The maximum Gasteiger partial charge on any atom is 0.322 e. The van der Waals surface area contributed by atoms with Crippen LogP contribution < -0.4 is 4.18 Å². The normalized spacial score (nSPS) is 26.2. The summed E-state index contributed by atoms with van der Waals surface area (Å²) in [5.41, 5.74) is 2.39. The first kappa shape index (κ1) is 19.0. The van der Waals surface area contributed by atoms with E-state index >= 15 is 0 Å². The Labute approximate surface area is 162 Å². The molecule has 0 aromatic heterocycles. The van der Waals surface area contributed by atoms with Crippen LogP contribution in [0, 0.1) is 0 Å². The van der Waals surface area contributed by atoms with Crippen molar-refractivity contribution in [2.45, 2.75) is 24.5 Å². The standard InChI is InChI=1S/C19H21NO7S/c1-26-14-3-2-13-5-7-20-6-4-12-8-16(21)17(9-15(12)19(13,20)10-14)27-28(24,25)11-18(22)23/h2-3,5,8-9,14,21H,4,6-7,10-11H2,1H3,(H,22,23)/t14-,19-/m0/s1. The molecule has 0 fully saturated rings. The van der Waals surface area contributed by atoms with E-state index in [0.29, 0.717) is 12.8 Å². The van der Waals surface area contributed by atoms with Crippen molar-refractivity contribution >= 4 is 16.1 Å². The summed E-state index contributed by atoms with van der Waals surface area (Å²) >= 11 is 0. The van der Waals surface area contributed by atoms with Gasteiger partial charge in [-0.15, -0.1) is 0 Å². The van der Waals surface area contributed by atoms with Crippen LogP contribution in [-0.2, 0) is 31.6 Å². The number of phenolic OH excluding ortho intramolecular Hbond substituents is 1. The molecule has 1 aliphatic carbocycles. The van der Waals surface area contributed by atoms with Gasteiger partial charge in [-0.1, -0.05) is 18.2 Å². The van der Waals surface area contributed by atoms with Crippen LogP contribution in [0.1, 0.15) is 17.5 Å². The third-order valence-electron chi connectivity index (χ3n) is 5.64. The van der Waals surface area contributed by atoms with Crippen molar-refractivity contribution in [3.8, 4) is 11.5 Å². The Morgan fingerprint density at radius 3 is 2.89 bits per heavy atom. The molecule has 9 heteroatoms. The zero-order valence-corrected chi connectivity index (χ0v) is 16.1. The van der Waals surface area contributed by atoms with Crippen LogP contribution in [0.3, 0.4) is 0 Å². The molecule has 0 saturated heterocycles. The lowest BCUT2D eigenvalue weighted by atomic mass is 9.71. The van der Waals surface area contributed by atoms with Gasteiger partial charge in [0.1, 0.15) is 0 Å². The van der Waals surface area contributed by atoms with Crippen molar-refractivity contribution in [2.75, 3.05) is 26.0 Å². The average Bonchev–Trinajstić information content (AvgIpc) is 3.00. The second kappa shape index (κ2) is 6.61. The smallest absolute Gasteiger partial charge is 0.322 e. The summed E-state index contributed by atoms with van der Waals surface area (Å²) in [5, 5.41) is 19.1. The van der Waals surface area contributed by atoms with E-state index < -0.39 is 27.4 Å². The predicted molar refractivity (Wildman–Crippen MR) is 99.7 cm³/mol. The van der Waals surface area contributed by atoms with E-state index in [9.17, 15) is 18.3 Å². The Kier molecular flexibility index (Phi) is 4.48.